The van der Waals surface area contributed by atoms with Gasteiger partial charge in [-0.25, -0.2) is 0 Å². The summed E-state index contributed by atoms with van der Waals surface area (Å²) >= 11 is 0. The molecule has 0 amide bonds. The van der Waals surface area contributed by atoms with Crippen LogP contribution in [0.4, 0.5) is 0 Å². The highest BCUT2D eigenvalue weighted by molar-refractivity contribution is 5.96. The Morgan fingerprint density at radius 3 is 2.35 bits per heavy atom. The molecule has 0 fully saturated rings. The van der Waals surface area contributed by atoms with Gasteiger partial charge in [0.15, 0.2) is 0 Å². The summed E-state index contributed by atoms with van der Waals surface area (Å²) < 4.78 is 10.5. The van der Waals surface area contributed by atoms with Crippen LogP contribution in [-0.2, 0) is 14.3 Å². The van der Waals surface area contributed by atoms with E-state index in [0.29, 0.717) is 13.2 Å². The third-order valence-corrected chi connectivity index (χ3v) is 2.07. The lowest BCUT2D eigenvalue weighted by atomic mass is 10.2. The van der Waals surface area contributed by atoms with Crippen LogP contribution in [0.1, 0.15) is 32.6 Å². The normalized spacial score (nSPS) is 9.76. The van der Waals surface area contributed by atoms with Crippen LogP contribution in [0.5, 0.6) is 0 Å². The maximum atomic E-state index is 10.9. The summed E-state index contributed by atoms with van der Waals surface area (Å²) in [5.41, 5.74) is 5.34. The second-order valence-electron chi connectivity index (χ2n) is 3.67. The Morgan fingerprint density at radius 2 is 1.71 bits per heavy atom. The average molecular weight is 241 g/mol. The van der Waals surface area contributed by atoms with Crippen LogP contribution in [0.2, 0.25) is 0 Å². The van der Waals surface area contributed by atoms with E-state index in [-0.39, 0.29) is 12.4 Å². The topological polar surface area (TPSA) is 61.5 Å². The molecule has 0 heterocycles. The zero-order valence-corrected chi connectivity index (χ0v) is 10.7. The van der Waals surface area contributed by atoms with Crippen LogP contribution in [-0.4, -0.2) is 38.8 Å². The van der Waals surface area contributed by atoms with E-state index in [0.717, 1.165) is 38.9 Å². The molecule has 4 nitrogen and oxygen atoms in total. The van der Waals surface area contributed by atoms with Gasteiger partial charge in [0.25, 0.3) is 0 Å². The molecule has 0 bridgehead atoms. The second kappa shape index (κ2) is 13.2. The maximum Gasteiger partial charge on any atom is 0.231 e. The van der Waals surface area contributed by atoms with Gasteiger partial charge in [0.2, 0.25) is 5.78 Å². The molecule has 0 aromatic heterocycles. The smallest absolute Gasteiger partial charge is 0.231 e. The number of carbonyl (C=O) groups excluding carboxylic acids is 1. The summed E-state index contributed by atoms with van der Waals surface area (Å²) in [4.78, 5) is 10.9. The fraction of sp³-hybridized carbons (Fsp3) is 0.769. The molecule has 98 valence electrons. The lowest BCUT2D eigenvalue weighted by molar-refractivity contribution is -0.118. The van der Waals surface area contributed by atoms with Crippen molar-refractivity contribution in [3.8, 4) is 11.8 Å². The first-order valence-electron chi connectivity index (χ1n) is 6.12. The standard InChI is InChI=1S/C13H23NO3/c1-2-7-13(15)12-17-10-5-3-4-9-16-11-6-8-14/h3-6,8-12,14H2,1H3. The predicted molar refractivity (Wildman–Crippen MR) is 67.6 cm³/mol. The van der Waals surface area contributed by atoms with E-state index >= 15 is 0 Å². The van der Waals surface area contributed by atoms with Crippen molar-refractivity contribution in [2.75, 3.05) is 33.0 Å². The van der Waals surface area contributed by atoms with Crippen molar-refractivity contribution < 1.29 is 14.3 Å². The van der Waals surface area contributed by atoms with Crippen molar-refractivity contribution in [1.29, 1.82) is 0 Å². The van der Waals surface area contributed by atoms with E-state index in [1.807, 2.05) is 0 Å². The molecule has 0 spiro atoms. The fourth-order valence-corrected chi connectivity index (χ4v) is 1.21. The summed E-state index contributed by atoms with van der Waals surface area (Å²) in [5.74, 6) is 4.83. The van der Waals surface area contributed by atoms with Crippen molar-refractivity contribution in [2.24, 2.45) is 5.73 Å². The van der Waals surface area contributed by atoms with Crippen LogP contribution in [0, 0.1) is 11.8 Å². The molecule has 0 aliphatic rings. The Hall–Kier alpha value is -0.890. The van der Waals surface area contributed by atoms with Gasteiger partial charge in [0.05, 0.1) is 0 Å². The minimum Gasteiger partial charge on any atom is -0.381 e. The van der Waals surface area contributed by atoms with Gasteiger partial charge in [-0.2, -0.15) is 0 Å². The van der Waals surface area contributed by atoms with Gasteiger partial charge in [0.1, 0.15) is 6.61 Å². The van der Waals surface area contributed by atoms with Crippen molar-refractivity contribution >= 4 is 5.78 Å². The zero-order chi connectivity index (χ0) is 12.8. The number of ether oxygens (including phenoxy) is 2. The lowest BCUT2D eigenvalue weighted by Crippen LogP contribution is -2.07. The quantitative estimate of drug-likeness (QED) is 0.335. The van der Waals surface area contributed by atoms with Crippen LogP contribution >= 0.6 is 0 Å². The maximum absolute atomic E-state index is 10.9. The van der Waals surface area contributed by atoms with E-state index in [9.17, 15) is 4.79 Å². The van der Waals surface area contributed by atoms with Gasteiger partial charge >= 0.3 is 0 Å². The highest BCUT2D eigenvalue weighted by Crippen LogP contribution is 1.97. The highest BCUT2D eigenvalue weighted by atomic mass is 16.5. The molecule has 0 aliphatic carbocycles. The molecule has 0 unspecified atom stereocenters. The molecule has 4 heteroatoms. The van der Waals surface area contributed by atoms with Gasteiger partial charge in [-0.3, -0.25) is 4.79 Å². The summed E-state index contributed by atoms with van der Waals surface area (Å²) in [6.07, 6.45) is 3.95. The van der Waals surface area contributed by atoms with Gasteiger partial charge < -0.3 is 15.2 Å². The van der Waals surface area contributed by atoms with E-state index in [1.165, 1.54) is 0 Å². The first-order chi connectivity index (χ1) is 8.31. The number of rotatable bonds is 11. The molecule has 0 saturated heterocycles. The Morgan fingerprint density at radius 1 is 1.06 bits per heavy atom. The molecule has 0 aromatic rings. The SMILES string of the molecule is CC#CC(=O)COCCCCCOCCCN. The van der Waals surface area contributed by atoms with Gasteiger partial charge in [0, 0.05) is 19.8 Å². The number of ketones is 1. The highest BCUT2D eigenvalue weighted by Gasteiger charge is 1.96. The average Bonchev–Trinajstić information content (AvgIpc) is 2.32. The number of hydrogen-bond donors (Lipinski definition) is 1. The van der Waals surface area contributed by atoms with Gasteiger partial charge in [-0.1, -0.05) is 5.92 Å². The van der Waals surface area contributed by atoms with Gasteiger partial charge in [-0.15, -0.1) is 0 Å². The largest absolute Gasteiger partial charge is 0.381 e. The Labute approximate surface area is 104 Å². The third kappa shape index (κ3) is 13.0. The van der Waals surface area contributed by atoms with Crippen LogP contribution in [0.25, 0.3) is 0 Å². The predicted octanol–water partition coefficient (Wildman–Crippen LogP) is 1.13. The number of nitrogens with two attached hydrogens (primary N) is 1. The third-order valence-electron chi connectivity index (χ3n) is 2.07. The van der Waals surface area contributed by atoms with E-state index in [4.69, 9.17) is 15.2 Å². The first-order valence-corrected chi connectivity index (χ1v) is 6.12. The second-order valence-corrected chi connectivity index (χ2v) is 3.67. The number of Topliss-reactive ketones (excluding diaryl/α,β-unsaturated/α-hetero) is 1. The molecule has 0 aromatic carbocycles. The minimum absolute atomic E-state index is 0.105. The molecule has 0 saturated carbocycles. The molecule has 17 heavy (non-hydrogen) atoms. The van der Waals surface area contributed by atoms with Crippen LogP contribution in [0.15, 0.2) is 0 Å². The monoisotopic (exact) mass is 241 g/mol. The fourth-order valence-electron chi connectivity index (χ4n) is 1.21. The van der Waals surface area contributed by atoms with Crippen LogP contribution in [0.3, 0.4) is 0 Å². The molecule has 0 atom stereocenters. The molecule has 0 rings (SSSR count). The number of hydrogen-bond acceptors (Lipinski definition) is 4. The number of unbranched alkanes of at least 4 members (excludes halogenated alkanes) is 2. The van der Waals surface area contributed by atoms with Crippen molar-refractivity contribution in [3.05, 3.63) is 0 Å². The summed E-state index contributed by atoms with van der Waals surface area (Å²) in [5, 5.41) is 0. The van der Waals surface area contributed by atoms with Gasteiger partial charge in [-0.05, 0) is 45.1 Å². The molecular formula is C13H23NO3. The van der Waals surface area contributed by atoms with Crippen LogP contribution < -0.4 is 5.73 Å². The Bertz CT molecular complexity index is 243. The Balaban J connectivity index is 3.07. The van der Waals surface area contributed by atoms with E-state index in [1.54, 1.807) is 6.92 Å². The summed E-state index contributed by atoms with van der Waals surface area (Å²) in [7, 11) is 0. The summed E-state index contributed by atoms with van der Waals surface area (Å²) in [6.45, 7) is 4.57. The number of carbonyl (C=O) groups is 1. The van der Waals surface area contributed by atoms with Crippen molar-refractivity contribution in [1.82, 2.24) is 0 Å². The molecular weight excluding hydrogens is 218 g/mol. The molecule has 2 N–H and O–H groups in total. The summed E-state index contributed by atoms with van der Waals surface area (Å²) in [6, 6.07) is 0. The first kappa shape index (κ1) is 16.1. The Kier molecular flexibility index (Phi) is 12.5. The zero-order valence-electron chi connectivity index (χ0n) is 10.7. The van der Waals surface area contributed by atoms with Crippen molar-refractivity contribution in [2.45, 2.75) is 32.6 Å². The van der Waals surface area contributed by atoms with Crippen molar-refractivity contribution in [3.63, 3.8) is 0 Å². The molecule has 0 aliphatic heterocycles. The molecule has 0 radical (unpaired) electrons. The minimum atomic E-state index is -0.155. The van der Waals surface area contributed by atoms with E-state index in [2.05, 4.69) is 11.8 Å². The van der Waals surface area contributed by atoms with E-state index < -0.39 is 0 Å². The lowest BCUT2D eigenvalue weighted by Gasteiger charge is -2.03.